The largest absolute Gasteiger partial charge is 0.393 e. The first kappa shape index (κ1) is 9.01. The second kappa shape index (κ2) is 3.55. The Balaban J connectivity index is 2.57. The molecule has 11 heavy (non-hydrogen) atoms. The zero-order valence-corrected chi connectivity index (χ0v) is 7.34. The molecule has 2 unspecified atom stereocenters. The third-order valence-electron chi connectivity index (χ3n) is 3.01. The highest BCUT2D eigenvalue weighted by molar-refractivity contribution is 4.92. The molecule has 1 rings (SSSR count). The SMILES string of the molecule is CCCC1(CN)CCCC1O. The van der Waals surface area contributed by atoms with Gasteiger partial charge in [0.2, 0.25) is 0 Å². The molecule has 3 N–H and O–H groups in total. The lowest BCUT2D eigenvalue weighted by Crippen LogP contribution is -2.37. The molecule has 1 saturated carbocycles. The van der Waals surface area contributed by atoms with E-state index in [0.29, 0.717) is 6.54 Å². The van der Waals surface area contributed by atoms with Gasteiger partial charge >= 0.3 is 0 Å². The van der Waals surface area contributed by atoms with Gasteiger partial charge in [0.15, 0.2) is 0 Å². The highest BCUT2D eigenvalue weighted by atomic mass is 16.3. The van der Waals surface area contributed by atoms with Crippen LogP contribution in [0.25, 0.3) is 0 Å². The van der Waals surface area contributed by atoms with Crippen molar-refractivity contribution in [2.24, 2.45) is 11.1 Å². The first-order valence-corrected chi connectivity index (χ1v) is 4.63. The molecular weight excluding hydrogens is 138 g/mol. The van der Waals surface area contributed by atoms with Crippen molar-refractivity contribution in [1.29, 1.82) is 0 Å². The van der Waals surface area contributed by atoms with Crippen LogP contribution in [-0.2, 0) is 0 Å². The molecular formula is C9H19NO. The smallest absolute Gasteiger partial charge is 0.0608 e. The standard InChI is InChI=1S/C9H19NO/c1-2-5-9(7-10)6-3-4-8(9)11/h8,11H,2-7,10H2,1H3. The Labute approximate surface area is 68.8 Å². The summed E-state index contributed by atoms with van der Waals surface area (Å²) in [6.07, 6.45) is 5.32. The summed E-state index contributed by atoms with van der Waals surface area (Å²) in [5, 5.41) is 9.69. The molecule has 0 aromatic heterocycles. The molecule has 0 bridgehead atoms. The minimum Gasteiger partial charge on any atom is -0.393 e. The quantitative estimate of drug-likeness (QED) is 0.648. The van der Waals surface area contributed by atoms with Gasteiger partial charge in [0.1, 0.15) is 0 Å². The monoisotopic (exact) mass is 157 g/mol. The Morgan fingerprint density at radius 2 is 2.36 bits per heavy atom. The van der Waals surface area contributed by atoms with E-state index in [1.807, 2.05) is 0 Å². The normalized spacial score (nSPS) is 37.9. The number of hydrogen-bond donors (Lipinski definition) is 2. The molecule has 0 heterocycles. The number of nitrogens with two attached hydrogens (primary N) is 1. The van der Waals surface area contributed by atoms with Gasteiger partial charge in [-0.3, -0.25) is 0 Å². The maximum atomic E-state index is 9.69. The topological polar surface area (TPSA) is 46.2 Å². The zero-order chi connectivity index (χ0) is 8.32. The van der Waals surface area contributed by atoms with E-state index in [9.17, 15) is 5.11 Å². The molecule has 0 aromatic rings. The summed E-state index contributed by atoms with van der Waals surface area (Å²) in [5.74, 6) is 0. The summed E-state index contributed by atoms with van der Waals surface area (Å²) in [4.78, 5) is 0. The van der Waals surface area contributed by atoms with Crippen LogP contribution < -0.4 is 5.73 Å². The molecule has 2 atom stereocenters. The van der Waals surface area contributed by atoms with Crippen LogP contribution in [0, 0.1) is 5.41 Å². The molecule has 0 aliphatic heterocycles. The van der Waals surface area contributed by atoms with Crippen molar-refractivity contribution in [3.05, 3.63) is 0 Å². The number of aliphatic hydroxyl groups is 1. The van der Waals surface area contributed by atoms with Gasteiger partial charge in [0, 0.05) is 12.0 Å². The minimum absolute atomic E-state index is 0.0781. The highest BCUT2D eigenvalue weighted by Gasteiger charge is 2.39. The molecule has 2 nitrogen and oxygen atoms in total. The van der Waals surface area contributed by atoms with Crippen molar-refractivity contribution in [3.63, 3.8) is 0 Å². The zero-order valence-electron chi connectivity index (χ0n) is 7.34. The first-order valence-electron chi connectivity index (χ1n) is 4.63. The average Bonchev–Trinajstić information content (AvgIpc) is 2.35. The van der Waals surface area contributed by atoms with Crippen LogP contribution in [0.2, 0.25) is 0 Å². The summed E-state index contributed by atoms with van der Waals surface area (Å²) < 4.78 is 0. The van der Waals surface area contributed by atoms with E-state index >= 15 is 0 Å². The van der Waals surface area contributed by atoms with Gasteiger partial charge in [-0.2, -0.15) is 0 Å². The molecule has 0 saturated heterocycles. The van der Waals surface area contributed by atoms with Crippen LogP contribution in [0.15, 0.2) is 0 Å². The second-order valence-electron chi connectivity index (χ2n) is 3.72. The molecule has 0 amide bonds. The van der Waals surface area contributed by atoms with E-state index in [4.69, 9.17) is 5.73 Å². The van der Waals surface area contributed by atoms with E-state index in [0.717, 1.165) is 32.1 Å². The van der Waals surface area contributed by atoms with Crippen LogP contribution in [0.1, 0.15) is 39.0 Å². The fourth-order valence-corrected chi connectivity index (χ4v) is 2.25. The van der Waals surface area contributed by atoms with Gasteiger partial charge in [-0.1, -0.05) is 19.8 Å². The molecule has 1 aliphatic carbocycles. The fraction of sp³-hybridized carbons (Fsp3) is 1.00. The van der Waals surface area contributed by atoms with Crippen molar-refractivity contribution < 1.29 is 5.11 Å². The van der Waals surface area contributed by atoms with E-state index < -0.39 is 0 Å². The Bertz CT molecular complexity index is 127. The summed E-state index contributed by atoms with van der Waals surface area (Å²) >= 11 is 0. The van der Waals surface area contributed by atoms with Gasteiger partial charge in [-0.15, -0.1) is 0 Å². The summed E-state index contributed by atoms with van der Waals surface area (Å²) in [7, 11) is 0. The summed E-state index contributed by atoms with van der Waals surface area (Å²) in [6.45, 7) is 2.81. The maximum Gasteiger partial charge on any atom is 0.0608 e. The fourth-order valence-electron chi connectivity index (χ4n) is 2.25. The molecule has 66 valence electrons. The highest BCUT2D eigenvalue weighted by Crippen LogP contribution is 2.41. The lowest BCUT2D eigenvalue weighted by molar-refractivity contribution is 0.0515. The third kappa shape index (κ3) is 1.57. The van der Waals surface area contributed by atoms with Crippen molar-refractivity contribution in [2.45, 2.75) is 45.1 Å². The average molecular weight is 157 g/mol. The molecule has 0 aromatic carbocycles. The van der Waals surface area contributed by atoms with Gasteiger partial charge in [-0.05, 0) is 19.3 Å². The van der Waals surface area contributed by atoms with Crippen LogP contribution >= 0.6 is 0 Å². The van der Waals surface area contributed by atoms with E-state index in [1.165, 1.54) is 0 Å². The van der Waals surface area contributed by atoms with E-state index in [1.54, 1.807) is 0 Å². The van der Waals surface area contributed by atoms with Gasteiger partial charge in [0.05, 0.1) is 6.10 Å². The molecule has 1 fully saturated rings. The molecule has 1 aliphatic rings. The third-order valence-corrected chi connectivity index (χ3v) is 3.01. The number of aliphatic hydroxyl groups excluding tert-OH is 1. The predicted molar refractivity (Wildman–Crippen MR) is 46.3 cm³/mol. The number of rotatable bonds is 3. The summed E-state index contributed by atoms with van der Waals surface area (Å²) in [5.41, 5.74) is 5.76. The van der Waals surface area contributed by atoms with Crippen molar-refractivity contribution in [3.8, 4) is 0 Å². The maximum absolute atomic E-state index is 9.69. The lowest BCUT2D eigenvalue weighted by atomic mass is 9.80. The Morgan fingerprint density at radius 3 is 2.73 bits per heavy atom. The summed E-state index contributed by atoms with van der Waals surface area (Å²) in [6, 6.07) is 0. The first-order chi connectivity index (χ1) is 5.25. The molecule has 0 radical (unpaired) electrons. The van der Waals surface area contributed by atoms with Crippen LogP contribution in [0.4, 0.5) is 0 Å². The Hall–Kier alpha value is -0.0800. The van der Waals surface area contributed by atoms with E-state index in [2.05, 4.69) is 6.92 Å². The van der Waals surface area contributed by atoms with Crippen LogP contribution in [0.3, 0.4) is 0 Å². The Morgan fingerprint density at radius 1 is 1.64 bits per heavy atom. The predicted octanol–water partition coefficient (Wildman–Crippen LogP) is 1.28. The van der Waals surface area contributed by atoms with Gasteiger partial charge in [-0.25, -0.2) is 0 Å². The van der Waals surface area contributed by atoms with Crippen LogP contribution in [0.5, 0.6) is 0 Å². The Kier molecular flexibility index (Phi) is 2.90. The van der Waals surface area contributed by atoms with E-state index in [-0.39, 0.29) is 11.5 Å². The van der Waals surface area contributed by atoms with Crippen LogP contribution in [-0.4, -0.2) is 17.8 Å². The van der Waals surface area contributed by atoms with Crippen molar-refractivity contribution in [1.82, 2.24) is 0 Å². The molecule has 0 spiro atoms. The number of hydrogen-bond acceptors (Lipinski definition) is 2. The lowest BCUT2D eigenvalue weighted by Gasteiger charge is -2.30. The minimum atomic E-state index is -0.132. The van der Waals surface area contributed by atoms with Gasteiger partial charge in [0.25, 0.3) is 0 Å². The van der Waals surface area contributed by atoms with Crippen molar-refractivity contribution in [2.75, 3.05) is 6.54 Å². The van der Waals surface area contributed by atoms with Gasteiger partial charge < -0.3 is 10.8 Å². The van der Waals surface area contributed by atoms with Crippen molar-refractivity contribution >= 4 is 0 Å². The molecule has 2 heteroatoms. The second-order valence-corrected chi connectivity index (χ2v) is 3.72.